The molecule has 1 amide bonds. The van der Waals surface area contributed by atoms with Crippen molar-refractivity contribution >= 4 is 11.6 Å². The lowest BCUT2D eigenvalue weighted by Gasteiger charge is -2.40. The molecule has 1 saturated carbocycles. The van der Waals surface area contributed by atoms with Crippen LogP contribution < -0.4 is 15.8 Å². The van der Waals surface area contributed by atoms with Crippen LogP contribution in [0.4, 0.5) is 10.1 Å². The van der Waals surface area contributed by atoms with E-state index in [-0.39, 0.29) is 23.7 Å². The van der Waals surface area contributed by atoms with E-state index >= 15 is 0 Å². The van der Waals surface area contributed by atoms with Crippen LogP contribution in [0.1, 0.15) is 19.3 Å². The number of anilines is 1. The lowest BCUT2D eigenvalue weighted by Crippen LogP contribution is -2.54. The number of para-hydroxylation sites is 1. The first-order chi connectivity index (χ1) is 11.7. The van der Waals surface area contributed by atoms with Gasteiger partial charge < -0.3 is 9.80 Å². The lowest BCUT2D eigenvalue weighted by atomic mass is 9.77. The third kappa shape index (κ3) is 2.89. The minimum absolute atomic E-state index is 0.0822. The fraction of sp³-hybridized carbons (Fsp3) is 0.611. The van der Waals surface area contributed by atoms with E-state index in [1.54, 1.807) is 6.07 Å². The molecule has 3 atom stereocenters. The van der Waals surface area contributed by atoms with Gasteiger partial charge in [0.05, 0.1) is 11.6 Å². The van der Waals surface area contributed by atoms with Gasteiger partial charge in [0.25, 0.3) is 0 Å². The van der Waals surface area contributed by atoms with E-state index in [4.69, 9.17) is 0 Å². The number of carbonyl (C=O) groups is 1. The van der Waals surface area contributed by atoms with Crippen LogP contribution in [0.5, 0.6) is 0 Å². The van der Waals surface area contributed by atoms with Crippen molar-refractivity contribution in [2.45, 2.75) is 25.3 Å². The van der Waals surface area contributed by atoms with Gasteiger partial charge in [-0.05, 0) is 30.9 Å². The van der Waals surface area contributed by atoms with Crippen molar-refractivity contribution in [3.8, 4) is 0 Å². The van der Waals surface area contributed by atoms with E-state index < -0.39 is 0 Å². The normalized spacial score (nSPS) is 30.3. The molecule has 3 unspecified atom stereocenters. The second-order valence-corrected chi connectivity index (χ2v) is 7.11. The number of carbonyl (C=O) groups excluding carboxylic acids is 1. The Kier molecular flexibility index (Phi) is 4.41. The number of halogens is 1. The summed E-state index contributed by atoms with van der Waals surface area (Å²) in [6.45, 7) is 3.71. The summed E-state index contributed by atoms with van der Waals surface area (Å²) < 4.78 is 13.9. The van der Waals surface area contributed by atoms with Crippen LogP contribution in [-0.4, -0.2) is 49.6 Å². The van der Waals surface area contributed by atoms with Gasteiger partial charge in [-0.15, -0.1) is 0 Å². The van der Waals surface area contributed by atoms with Gasteiger partial charge in [-0.1, -0.05) is 18.6 Å². The highest BCUT2D eigenvalue weighted by atomic mass is 19.1. The quantitative estimate of drug-likeness (QED) is 0.859. The molecule has 130 valence electrons. The summed E-state index contributed by atoms with van der Waals surface area (Å²) in [4.78, 5) is 17.0. The zero-order valence-corrected chi connectivity index (χ0v) is 13.9. The standard InChI is InChI=1S/C18H25FN4O/c19-15-6-1-2-7-16(15)22-8-10-23(11-9-22)18(24)14-5-3-4-13-12-20-21-17(13)14/h1-2,6-7,13-14,17,20-21H,3-5,8-12H2. The number of nitrogens with zero attached hydrogens (tertiary/aromatic N) is 2. The van der Waals surface area contributed by atoms with E-state index in [2.05, 4.69) is 10.9 Å². The molecule has 6 heteroatoms. The van der Waals surface area contributed by atoms with Crippen molar-refractivity contribution in [2.24, 2.45) is 11.8 Å². The minimum atomic E-state index is -0.186. The first kappa shape index (κ1) is 15.8. The van der Waals surface area contributed by atoms with E-state index in [0.717, 1.165) is 19.4 Å². The summed E-state index contributed by atoms with van der Waals surface area (Å²) in [5.74, 6) is 0.744. The second kappa shape index (κ2) is 6.69. The monoisotopic (exact) mass is 332 g/mol. The number of hydrogen-bond acceptors (Lipinski definition) is 4. The highest BCUT2D eigenvalue weighted by molar-refractivity contribution is 5.80. The maximum Gasteiger partial charge on any atom is 0.227 e. The number of rotatable bonds is 2. The van der Waals surface area contributed by atoms with Gasteiger partial charge in [-0.2, -0.15) is 0 Å². The number of fused-ring (bicyclic) bond motifs is 1. The summed E-state index contributed by atoms with van der Waals surface area (Å²) in [5.41, 5.74) is 7.17. The predicted molar refractivity (Wildman–Crippen MR) is 91.0 cm³/mol. The third-order valence-electron chi connectivity index (χ3n) is 5.77. The second-order valence-electron chi connectivity index (χ2n) is 7.11. The molecule has 3 fully saturated rings. The Hall–Kier alpha value is -1.66. The number of benzene rings is 1. The molecule has 2 saturated heterocycles. The van der Waals surface area contributed by atoms with Crippen LogP contribution in [0, 0.1) is 17.7 Å². The van der Waals surface area contributed by atoms with Crippen LogP contribution >= 0.6 is 0 Å². The summed E-state index contributed by atoms with van der Waals surface area (Å²) >= 11 is 0. The molecule has 1 aromatic rings. The van der Waals surface area contributed by atoms with Gasteiger partial charge in [-0.25, -0.2) is 4.39 Å². The van der Waals surface area contributed by atoms with Crippen molar-refractivity contribution in [1.29, 1.82) is 0 Å². The van der Waals surface area contributed by atoms with Crippen LogP contribution in [-0.2, 0) is 4.79 Å². The van der Waals surface area contributed by atoms with Gasteiger partial charge in [0.15, 0.2) is 0 Å². The van der Waals surface area contributed by atoms with Crippen LogP contribution in [0.3, 0.4) is 0 Å². The molecule has 2 aliphatic heterocycles. The molecule has 1 aromatic carbocycles. The minimum Gasteiger partial charge on any atom is -0.366 e. The molecular weight excluding hydrogens is 307 g/mol. The number of amides is 1. The van der Waals surface area contributed by atoms with E-state index in [9.17, 15) is 9.18 Å². The largest absolute Gasteiger partial charge is 0.366 e. The average molecular weight is 332 g/mol. The fourth-order valence-electron chi connectivity index (χ4n) is 4.43. The fourth-order valence-corrected chi connectivity index (χ4v) is 4.43. The maximum absolute atomic E-state index is 13.9. The van der Waals surface area contributed by atoms with E-state index in [1.165, 1.54) is 12.5 Å². The molecule has 0 radical (unpaired) electrons. The highest BCUT2D eigenvalue weighted by Gasteiger charge is 2.42. The molecule has 1 aliphatic carbocycles. The van der Waals surface area contributed by atoms with Crippen molar-refractivity contribution in [2.75, 3.05) is 37.6 Å². The molecule has 2 heterocycles. The van der Waals surface area contributed by atoms with Crippen LogP contribution in [0.25, 0.3) is 0 Å². The van der Waals surface area contributed by atoms with Crippen LogP contribution in [0.2, 0.25) is 0 Å². The first-order valence-corrected chi connectivity index (χ1v) is 9.00. The Morgan fingerprint density at radius 1 is 1.12 bits per heavy atom. The molecule has 0 bridgehead atoms. The Morgan fingerprint density at radius 2 is 1.92 bits per heavy atom. The highest BCUT2D eigenvalue weighted by Crippen LogP contribution is 2.32. The summed E-state index contributed by atoms with van der Waals surface area (Å²) in [7, 11) is 0. The number of hydrogen-bond donors (Lipinski definition) is 2. The predicted octanol–water partition coefficient (Wildman–Crippen LogP) is 1.37. The van der Waals surface area contributed by atoms with Crippen LogP contribution in [0.15, 0.2) is 24.3 Å². The topological polar surface area (TPSA) is 47.6 Å². The molecule has 0 aromatic heterocycles. The van der Waals surface area contributed by atoms with Gasteiger partial charge in [0, 0.05) is 38.8 Å². The molecule has 4 rings (SSSR count). The van der Waals surface area contributed by atoms with Crippen molar-refractivity contribution in [1.82, 2.24) is 15.8 Å². The van der Waals surface area contributed by atoms with Gasteiger partial charge in [0.2, 0.25) is 5.91 Å². The number of nitrogens with one attached hydrogen (secondary N) is 2. The molecular formula is C18H25FN4O. The van der Waals surface area contributed by atoms with Crippen molar-refractivity contribution in [3.63, 3.8) is 0 Å². The van der Waals surface area contributed by atoms with Crippen molar-refractivity contribution < 1.29 is 9.18 Å². The molecule has 24 heavy (non-hydrogen) atoms. The number of hydrazine groups is 1. The average Bonchev–Trinajstić information content (AvgIpc) is 3.10. The Bertz CT molecular complexity index is 602. The molecule has 0 spiro atoms. The Morgan fingerprint density at radius 3 is 2.71 bits per heavy atom. The van der Waals surface area contributed by atoms with E-state index in [1.807, 2.05) is 21.9 Å². The summed E-state index contributed by atoms with van der Waals surface area (Å²) in [5, 5.41) is 0. The van der Waals surface area contributed by atoms with Gasteiger partial charge in [0.1, 0.15) is 5.82 Å². The zero-order valence-electron chi connectivity index (χ0n) is 13.9. The van der Waals surface area contributed by atoms with Gasteiger partial charge in [-0.3, -0.25) is 15.6 Å². The zero-order chi connectivity index (χ0) is 16.5. The number of piperazine rings is 1. The summed E-state index contributed by atoms with van der Waals surface area (Å²) in [6.07, 6.45) is 3.31. The molecule has 3 aliphatic rings. The molecule has 5 nitrogen and oxygen atoms in total. The Labute approximate surface area is 142 Å². The van der Waals surface area contributed by atoms with Gasteiger partial charge >= 0.3 is 0 Å². The molecule has 2 N–H and O–H groups in total. The van der Waals surface area contributed by atoms with Crippen molar-refractivity contribution in [3.05, 3.63) is 30.1 Å². The maximum atomic E-state index is 13.9. The first-order valence-electron chi connectivity index (χ1n) is 9.00. The SMILES string of the molecule is O=C(C1CCCC2CNNC21)N1CCN(c2ccccc2F)CC1. The smallest absolute Gasteiger partial charge is 0.227 e. The van der Waals surface area contributed by atoms with E-state index in [0.29, 0.717) is 37.8 Å². The Balaban J connectivity index is 1.39. The third-order valence-corrected chi connectivity index (χ3v) is 5.77. The lowest BCUT2D eigenvalue weighted by molar-refractivity contribution is -0.138. The summed E-state index contributed by atoms with van der Waals surface area (Å²) in [6, 6.07) is 7.15.